The smallest absolute Gasteiger partial charge is 0.262 e. The number of halogens is 2. The predicted octanol–water partition coefficient (Wildman–Crippen LogP) is 3.16. The van der Waals surface area contributed by atoms with E-state index in [0.29, 0.717) is 22.6 Å². The zero-order valence-electron chi connectivity index (χ0n) is 17.7. The summed E-state index contributed by atoms with van der Waals surface area (Å²) >= 11 is 0. The van der Waals surface area contributed by atoms with Crippen molar-refractivity contribution in [2.45, 2.75) is 19.4 Å². The number of carbonyl (C=O) groups is 2. The third-order valence-electron chi connectivity index (χ3n) is 4.85. The third-order valence-corrected chi connectivity index (χ3v) is 4.85. The van der Waals surface area contributed by atoms with E-state index in [-0.39, 0.29) is 17.3 Å². The van der Waals surface area contributed by atoms with Gasteiger partial charge in [0, 0.05) is 11.1 Å². The van der Waals surface area contributed by atoms with Gasteiger partial charge in [-0.05, 0) is 32.0 Å². The Labute approximate surface area is 186 Å². The summed E-state index contributed by atoms with van der Waals surface area (Å²) in [5.74, 6) is -3.07. The second-order valence-corrected chi connectivity index (χ2v) is 7.50. The van der Waals surface area contributed by atoms with Crippen LogP contribution in [0.15, 0.2) is 48.1 Å². The van der Waals surface area contributed by atoms with Gasteiger partial charge >= 0.3 is 0 Å². The number of nitrogens with zero attached hydrogens (tertiary/aromatic N) is 4. The van der Waals surface area contributed by atoms with Crippen molar-refractivity contribution in [2.75, 3.05) is 12.4 Å². The van der Waals surface area contributed by atoms with Crippen LogP contribution in [0.25, 0.3) is 11.3 Å². The Hall–Kier alpha value is -4.28. The van der Waals surface area contributed by atoms with E-state index < -0.39 is 28.7 Å². The van der Waals surface area contributed by atoms with Crippen LogP contribution in [-0.4, -0.2) is 45.1 Å². The van der Waals surface area contributed by atoms with Gasteiger partial charge in [0.15, 0.2) is 28.8 Å². The molecule has 1 aliphatic rings. The van der Waals surface area contributed by atoms with E-state index in [9.17, 15) is 18.4 Å². The number of nitrogens with one attached hydrogen (secondary N) is 1. The molecule has 1 amide bonds. The molecule has 4 rings (SSSR count). The van der Waals surface area contributed by atoms with Crippen molar-refractivity contribution in [3.05, 3.63) is 65.7 Å². The fourth-order valence-electron chi connectivity index (χ4n) is 3.11. The Bertz CT molecular complexity index is 1270. The van der Waals surface area contributed by atoms with Gasteiger partial charge in [-0.1, -0.05) is 5.16 Å². The second kappa shape index (κ2) is 8.34. The Morgan fingerprint density at radius 1 is 1.09 bits per heavy atom. The number of hydrogen-bond donors (Lipinski definition) is 1. The van der Waals surface area contributed by atoms with E-state index in [4.69, 9.17) is 9.57 Å². The van der Waals surface area contributed by atoms with Crippen molar-refractivity contribution in [1.82, 2.24) is 15.0 Å². The number of benzene rings is 1. The molecule has 1 aliphatic heterocycles. The minimum Gasteiger partial charge on any atom is -0.496 e. The number of anilines is 1. The predicted molar refractivity (Wildman–Crippen MR) is 113 cm³/mol. The maximum Gasteiger partial charge on any atom is 0.262 e. The average molecular weight is 453 g/mol. The number of pyridine rings is 1. The molecule has 0 unspecified atom stereocenters. The summed E-state index contributed by atoms with van der Waals surface area (Å²) < 4.78 is 32.9. The van der Waals surface area contributed by atoms with Gasteiger partial charge in [-0.3, -0.25) is 19.6 Å². The van der Waals surface area contributed by atoms with Gasteiger partial charge < -0.3 is 14.9 Å². The third kappa shape index (κ3) is 4.12. The van der Waals surface area contributed by atoms with Crippen molar-refractivity contribution < 1.29 is 27.9 Å². The fraction of sp³-hybridized carbons (Fsp3) is 0.182. The highest BCUT2D eigenvalue weighted by atomic mass is 19.1. The summed E-state index contributed by atoms with van der Waals surface area (Å²) in [5, 5.41) is 6.18. The molecule has 0 spiro atoms. The molecular formula is C22H17F2N5O4. The van der Waals surface area contributed by atoms with Gasteiger partial charge in [0.05, 0.1) is 37.6 Å². The van der Waals surface area contributed by atoms with Crippen LogP contribution in [0, 0.1) is 11.6 Å². The summed E-state index contributed by atoms with van der Waals surface area (Å²) in [6.45, 7) is 3.25. The van der Waals surface area contributed by atoms with Crippen LogP contribution in [0.1, 0.15) is 29.8 Å². The lowest BCUT2D eigenvalue weighted by atomic mass is 9.94. The van der Waals surface area contributed by atoms with Crippen molar-refractivity contribution in [3.63, 3.8) is 0 Å². The molecule has 11 heteroatoms. The van der Waals surface area contributed by atoms with Crippen molar-refractivity contribution in [3.8, 4) is 17.0 Å². The van der Waals surface area contributed by atoms with Crippen LogP contribution in [0.2, 0.25) is 0 Å². The quantitative estimate of drug-likeness (QED) is 0.631. The van der Waals surface area contributed by atoms with E-state index in [2.05, 4.69) is 25.4 Å². The number of methoxy groups -OCH3 is 1. The number of amides is 1. The van der Waals surface area contributed by atoms with E-state index in [1.54, 1.807) is 32.0 Å². The molecule has 0 saturated heterocycles. The molecule has 1 N–H and O–H groups in total. The largest absolute Gasteiger partial charge is 0.496 e. The van der Waals surface area contributed by atoms with Gasteiger partial charge in [-0.25, -0.2) is 13.8 Å². The molecule has 2 aromatic heterocycles. The lowest BCUT2D eigenvalue weighted by molar-refractivity contribution is -0.128. The number of aromatic nitrogens is 3. The van der Waals surface area contributed by atoms with Crippen molar-refractivity contribution >= 4 is 23.2 Å². The first-order valence-electron chi connectivity index (χ1n) is 9.63. The van der Waals surface area contributed by atoms with Gasteiger partial charge in [-0.2, -0.15) is 0 Å². The molecule has 33 heavy (non-hydrogen) atoms. The van der Waals surface area contributed by atoms with Gasteiger partial charge in [0.2, 0.25) is 5.78 Å². The molecule has 1 aromatic carbocycles. The molecule has 0 saturated carbocycles. The van der Waals surface area contributed by atoms with Crippen molar-refractivity contribution in [2.24, 2.45) is 5.16 Å². The molecule has 0 fully saturated rings. The number of ether oxygens (including phenoxy) is 1. The van der Waals surface area contributed by atoms with Gasteiger partial charge in [0.1, 0.15) is 11.3 Å². The minimum absolute atomic E-state index is 0.0278. The Balaban J connectivity index is 1.61. The number of oxime groups is 1. The van der Waals surface area contributed by atoms with Crippen LogP contribution in [0.4, 0.5) is 14.6 Å². The van der Waals surface area contributed by atoms with Crippen LogP contribution in [0.5, 0.6) is 5.75 Å². The first-order valence-corrected chi connectivity index (χ1v) is 9.63. The standard InChI is InChI=1S/C22H17F2N5O4/c1-22(2)20(30)19(29-33-22)11-4-5-16(32-3)12(6-11)15-9-27-17(10-26-15)28-21(31)18-13(23)7-25-8-14(18)24/h4-10H,1-3H3,(H,27,28,31). The van der Waals surface area contributed by atoms with Crippen LogP contribution in [0.3, 0.4) is 0 Å². The normalized spacial score (nSPS) is 14.5. The maximum absolute atomic E-state index is 13.8. The molecule has 0 aliphatic carbocycles. The Morgan fingerprint density at radius 3 is 2.39 bits per heavy atom. The first-order chi connectivity index (χ1) is 15.7. The number of rotatable bonds is 5. The zero-order valence-corrected chi connectivity index (χ0v) is 17.7. The number of carbonyl (C=O) groups excluding carboxylic acids is 2. The summed E-state index contributed by atoms with van der Waals surface area (Å²) in [6.07, 6.45) is 4.03. The fourth-order valence-corrected chi connectivity index (χ4v) is 3.11. The number of hydrogen-bond acceptors (Lipinski definition) is 8. The molecular weight excluding hydrogens is 436 g/mol. The Kier molecular flexibility index (Phi) is 5.54. The molecule has 3 aromatic rings. The van der Waals surface area contributed by atoms with Crippen molar-refractivity contribution in [1.29, 1.82) is 0 Å². The highest BCUT2D eigenvalue weighted by Gasteiger charge is 2.40. The van der Waals surface area contributed by atoms with Crippen LogP contribution < -0.4 is 10.1 Å². The molecule has 0 atom stereocenters. The lowest BCUT2D eigenvalue weighted by Gasteiger charge is -2.13. The monoisotopic (exact) mass is 453 g/mol. The van der Waals surface area contributed by atoms with E-state index >= 15 is 0 Å². The Morgan fingerprint density at radius 2 is 1.82 bits per heavy atom. The highest BCUT2D eigenvalue weighted by molar-refractivity contribution is 6.49. The highest BCUT2D eigenvalue weighted by Crippen LogP contribution is 2.32. The first kappa shape index (κ1) is 21.9. The number of Topliss-reactive ketones (excluding diaryl/α,β-unsaturated/α-hetero) is 1. The summed E-state index contributed by atoms with van der Waals surface area (Å²) in [6, 6.07) is 4.98. The van der Waals surface area contributed by atoms with Crippen LogP contribution >= 0.6 is 0 Å². The van der Waals surface area contributed by atoms with Gasteiger partial charge in [-0.15, -0.1) is 0 Å². The second-order valence-electron chi connectivity index (χ2n) is 7.50. The summed E-state index contributed by atoms with van der Waals surface area (Å²) in [5.41, 5.74) is -0.294. The summed E-state index contributed by atoms with van der Waals surface area (Å²) in [7, 11) is 1.47. The summed E-state index contributed by atoms with van der Waals surface area (Å²) in [4.78, 5) is 41.6. The molecule has 3 heterocycles. The van der Waals surface area contributed by atoms with E-state index in [0.717, 1.165) is 12.4 Å². The van der Waals surface area contributed by atoms with Crippen LogP contribution in [-0.2, 0) is 9.63 Å². The van der Waals surface area contributed by atoms with E-state index in [1.165, 1.54) is 19.5 Å². The molecule has 9 nitrogen and oxygen atoms in total. The lowest BCUT2D eigenvalue weighted by Crippen LogP contribution is -2.33. The molecule has 0 bridgehead atoms. The molecule has 0 radical (unpaired) electrons. The molecule has 168 valence electrons. The number of ketones is 1. The topological polar surface area (TPSA) is 116 Å². The average Bonchev–Trinajstić information content (AvgIpc) is 3.06. The van der Waals surface area contributed by atoms with Gasteiger partial charge in [0.25, 0.3) is 5.91 Å². The minimum atomic E-state index is -1.10. The van der Waals surface area contributed by atoms with E-state index in [1.807, 2.05) is 0 Å². The maximum atomic E-state index is 13.8. The SMILES string of the molecule is COc1ccc(C2=NOC(C)(C)C2=O)cc1-c1cnc(NC(=O)c2c(F)cncc2F)cn1. The zero-order chi connectivity index (χ0) is 23.8.